The maximum absolute atomic E-state index is 16.0. The Hall–Kier alpha value is -4.96. The van der Waals surface area contributed by atoms with Crippen LogP contribution in [0.1, 0.15) is 36.7 Å². The third-order valence-electron chi connectivity index (χ3n) is 7.52. The normalized spacial score (nSPS) is 13.0. The molecule has 0 saturated carbocycles. The molecule has 2 amide bonds. The summed E-state index contributed by atoms with van der Waals surface area (Å²) in [6.45, 7) is 5.55. The first-order valence-electron chi connectivity index (χ1n) is 16.0. The lowest BCUT2D eigenvalue weighted by molar-refractivity contribution is -0.115. The number of hydrogen-bond acceptors (Lipinski definition) is 7. The molecule has 1 N–H and O–H groups in total. The van der Waals surface area contributed by atoms with Crippen LogP contribution in [0.2, 0.25) is 0 Å². The second-order valence-corrected chi connectivity index (χ2v) is 15.0. The molecule has 0 aliphatic heterocycles. The number of carbonyl (C=O) groups excluding carboxylic acids is 2. The SMILES string of the molecule is COc1ccc(COc2cc(OCC(C)C)c(-c3ccc(N(C(C)=O)c4ccc(S(F)(F)(F)(F)F)cc4C(=O)NCCN(C)C)c(F)c3)cn2)cc1. The average molecular weight is 755 g/mol. The summed E-state index contributed by atoms with van der Waals surface area (Å²) in [5.74, 6) is -1.75. The van der Waals surface area contributed by atoms with Crippen LogP contribution in [0.15, 0.2) is 77.8 Å². The molecule has 16 heteroatoms. The molecule has 0 fully saturated rings. The quantitative estimate of drug-likeness (QED) is 0.121. The van der Waals surface area contributed by atoms with Gasteiger partial charge in [-0.25, -0.2) is 9.37 Å². The third kappa shape index (κ3) is 10.3. The zero-order chi connectivity index (χ0) is 38.5. The van der Waals surface area contributed by atoms with E-state index in [0.717, 1.165) is 18.6 Å². The van der Waals surface area contributed by atoms with Gasteiger partial charge in [0.1, 0.15) is 28.8 Å². The Balaban J connectivity index is 1.73. The lowest BCUT2D eigenvalue weighted by atomic mass is 10.0. The predicted molar refractivity (Wildman–Crippen MR) is 189 cm³/mol. The largest absolute Gasteiger partial charge is 0.497 e. The van der Waals surface area contributed by atoms with Crippen LogP contribution >= 0.6 is 10.2 Å². The molecule has 0 radical (unpaired) electrons. The minimum Gasteiger partial charge on any atom is -0.497 e. The summed E-state index contributed by atoms with van der Waals surface area (Å²) in [6, 6.07) is 13.1. The standard InChI is InChI=1S/C36H40F6N4O5S/c1-23(2)21-50-34-19-35(51-22-25-7-10-27(49-6)11-8-25)44-20-30(34)26-9-13-33(31(37)17-26)46(24(3)47)32-14-12-28(52(38,39,40,41)42)18-29(32)36(48)43-15-16-45(4)5/h7-14,17-20,23H,15-16,21-22H2,1-6H3,(H,43,48). The molecule has 0 unspecified atom stereocenters. The molecule has 0 atom stereocenters. The summed E-state index contributed by atoms with van der Waals surface area (Å²) in [6.07, 6.45) is 1.42. The lowest BCUT2D eigenvalue weighted by Crippen LogP contribution is -2.33. The van der Waals surface area contributed by atoms with Crippen LogP contribution in [0.3, 0.4) is 0 Å². The Kier molecular flexibility index (Phi) is 11.4. The summed E-state index contributed by atoms with van der Waals surface area (Å²) in [5.41, 5.74) is -0.415. The van der Waals surface area contributed by atoms with Crippen LogP contribution in [0, 0.1) is 11.7 Å². The summed E-state index contributed by atoms with van der Waals surface area (Å²) in [7, 11) is -5.34. The fourth-order valence-corrected chi connectivity index (χ4v) is 5.58. The molecule has 0 aliphatic rings. The maximum Gasteiger partial charge on any atom is 0.310 e. The average Bonchev–Trinajstić information content (AvgIpc) is 3.06. The Bertz CT molecular complexity index is 1930. The van der Waals surface area contributed by atoms with Crippen LogP contribution in [-0.2, 0) is 11.4 Å². The van der Waals surface area contributed by atoms with Crippen LogP contribution in [0.25, 0.3) is 11.1 Å². The maximum atomic E-state index is 16.0. The van der Waals surface area contributed by atoms with Gasteiger partial charge in [-0.2, -0.15) is 0 Å². The molecule has 282 valence electrons. The van der Waals surface area contributed by atoms with Crippen molar-refractivity contribution in [2.24, 2.45) is 5.92 Å². The van der Waals surface area contributed by atoms with E-state index < -0.39 is 49.7 Å². The molecule has 0 bridgehead atoms. The van der Waals surface area contributed by atoms with Crippen LogP contribution < -0.4 is 24.4 Å². The van der Waals surface area contributed by atoms with Gasteiger partial charge in [-0.1, -0.05) is 51.5 Å². The summed E-state index contributed by atoms with van der Waals surface area (Å²) in [5, 5.41) is 2.37. The molecular formula is C36H40F6N4O5S. The van der Waals surface area contributed by atoms with Crippen LogP contribution in [-0.4, -0.2) is 62.6 Å². The fraction of sp³-hybridized carbons (Fsp3) is 0.306. The van der Waals surface area contributed by atoms with Gasteiger partial charge in [0, 0.05) is 37.8 Å². The van der Waals surface area contributed by atoms with Gasteiger partial charge >= 0.3 is 10.2 Å². The van der Waals surface area contributed by atoms with Crippen molar-refractivity contribution in [2.45, 2.75) is 32.3 Å². The van der Waals surface area contributed by atoms with Crippen molar-refractivity contribution in [3.63, 3.8) is 0 Å². The van der Waals surface area contributed by atoms with Crippen molar-refractivity contribution in [1.82, 2.24) is 15.2 Å². The van der Waals surface area contributed by atoms with Gasteiger partial charge < -0.3 is 24.4 Å². The lowest BCUT2D eigenvalue weighted by Gasteiger charge is -2.41. The minimum atomic E-state index is -10.3. The molecular weight excluding hydrogens is 714 g/mol. The van der Waals surface area contributed by atoms with Crippen LogP contribution in [0.5, 0.6) is 17.4 Å². The molecule has 9 nitrogen and oxygen atoms in total. The molecule has 4 aromatic rings. The molecule has 1 heterocycles. The molecule has 52 heavy (non-hydrogen) atoms. The second-order valence-electron chi connectivity index (χ2n) is 12.6. The van der Waals surface area contributed by atoms with Crippen molar-refractivity contribution in [3.05, 3.63) is 89.9 Å². The number of aromatic nitrogens is 1. The van der Waals surface area contributed by atoms with Gasteiger partial charge in [-0.15, -0.1) is 0 Å². The number of halogens is 6. The molecule has 0 saturated heterocycles. The zero-order valence-electron chi connectivity index (χ0n) is 29.4. The number of likely N-dealkylation sites (N-methyl/N-ethyl adjacent to an activating group) is 1. The van der Waals surface area contributed by atoms with E-state index in [1.165, 1.54) is 18.3 Å². The molecule has 1 aromatic heterocycles. The predicted octanol–water partition coefficient (Wildman–Crippen LogP) is 9.14. The van der Waals surface area contributed by atoms with E-state index in [1.54, 1.807) is 44.3 Å². The smallest absolute Gasteiger partial charge is 0.310 e. The highest BCUT2D eigenvalue weighted by molar-refractivity contribution is 8.45. The summed E-state index contributed by atoms with van der Waals surface area (Å²) >= 11 is 0. The number of pyridine rings is 1. The zero-order valence-corrected chi connectivity index (χ0v) is 30.2. The highest BCUT2D eigenvalue weighted by Crippen LogP contribution is 3.02. The van der Waals surface area contributed by atoms with Gasteiger partial charge in [0.25, 0.3) is 5.91 Å². The number of methoxy groups -OCH3 is 1. The van der Waals surface area contributed by atoms with Crippen molar-refractivity contribution >= 4 is 33.4 Å². The number of benzene rings is 3. The van der Waals surface area contributed by atoms with E-state index in [0.29, 0.717) is 34.6 Å². The second kappa shape index (κ2) is 14.9. The number of rotatable bonds is 15. The number of anilines is 2. The Morgan fingerprint density at radius 1 is 0.904 bits per heavy atom. The van der Waals surface area contributed by atoms with Crippen molar-refractivity contribution in [1.29, 1.82) is 0 Å². The molecule has 3 aromatic carbocycles. The van der Waals surface area contributed by atoms with E-state index in [4.69, 9.17) is 14.2 Å². The number of carbonyl (C=O) groups is 2. The number of nitrogens with one attached hydrogen (secondary N) is 1. The third-order valence-corrected chi connectivity index (χ3v) is 8.66. The Morgan fingerprint density at radius 3 is 2.15 bits per heavy atom. The van der Waals surface area contributed by atoms with Crippen molar-refractivity contribution in [2.75, 3.05) is 45.8 Å². The highest BCUT2D eigenvalue weighted by Gasteiger charge is 2.65. The first kappa shape index (κ1) is 39.8. The fourth-order valence-electron chi connectivity index (χ4n) is 4.91. The van der Waals surface area contributed by atoms with E-state index in [9.17, 15) is 29.0 Å². The molecule has 0 spiro atoms. The van der Waals surface area contributed by atoms with Crippen molar-refractivity contribution < 1.29 is 47.6 Å². The first-order chi connectivity index (χ1) is 24.2. The number of amides is 2. The molecule has 0 aliphatic carbocycles. The van der Waals surface area contributed by atoms with Crippen LogP contribution in [0.4, 0.5) is 35.2 Å². The van der Waals surface area contributed by atoms with Gasteiger partial charge in [-0.05, 0) is 73.6 Å². The minimum absolute atomic E-state index is 0.0215. The number of ether oxygens (including phenoxy) is 3. The molecule has 4 rings (SSSR count). The van der Waals surface area contributed by atoms with E-state index in [-0.39, 0.29) is 49.2 Å². The highest BCUT2D eigenvalue weighted by atomic mass is 32.5. The van der Waals surface area contributed by atoms with E-state index in [1.807, 2.05) is 26.0 Å². The Morgan fingerprint density at radius 2 is 1.58 bits per heavy atom. The first-order valence-corrected chi connectivity index (χ1v) is 17.9. The van der Waals surface area contributed by atoms with Crippen molar-refractivity contribution in [3.8, 4) is 28.5 Å². The van der Waals surface area contributed by atoms with E-state index >= 15 is 4.39 Å². The van der Waals surface area contributed by atoms with Gasteiger partial charge in [0.2, 0.25) is 11.8 Å². The Labute approximate surface area is 298 Å². The monoisotopic (exact) mass is 754 g/mol. The number of hydrogen-bond donors (Lipinski definition) is 1. The topological polar surface area (TPSA) is 93.2 Å². The number of nitrogens with zero attached hydrogens (tertiary/aromatic N) is 3. The summed E-state index contributed by atoms with van der Waals surface area (Å²) < 4.78 is 102. The summed E-state index contributed by atoms with van der Waals surface area (Å²) in [4.78, 5) is 30.5. The van der Waals surface area contributed by atoms with Gasteiger partial charge in [0.15, 0.2) is 0 Å². The van der Waals surface area contributed by atoms with Gasteiger partial charge in [-0.3, -0.25) is 14.5 Å². The van der Waals surface area contributed by atoms with Gasteiger partial charge in [0.05, 0.1) is 30.7 Å². The van der Waals surface area contributed by atoms with E-state index in [2.05, 4.69) is 10.3 Å².